The number of alkyl halides is 3. The van der Waals surface area contributed by atoms with Gasteiger partial charge in [-0.1, -0.05) is 30.0 Å². The SMILES string of the molecule is O=C(c1ccc(Sc2cccc(C(F)(F)F)c2)cc1)C(O)S(=O)(=O)O. The van der Waals surface area contributed by atoms with Gasteiger partial charge in [0.25, 0.3) is 10.1 Å². The van der Waals surface area contributed by atoms with E-state index in [2.05, 4.69) is 0 Å². The summed E-state index contributed by atoms with van der Waals surface area (Å²) in [6.45, 7) is 0. The number of halogens is 3. The van der Waals surface area contributed by atoms with Crippen LogP contribution in [0.2, 0.25) is 0 Å². The second-order valence-corrected chi connectivity index (χ2v) is 7.51. The smallest absolute Gasteiger partial charge is 0.369 e. The van der Waals surface area contributed by atoms with Gasteiger partial charge in [0.05, 0.1) is 5.56 Å². The maximum absolute atomic E-state index is 12.7. The largest absolute Gasteiger partial charge is 0.416 e. The Balaban J connectivity index is 2.17. The Morgan fingerprint density at radius 1 is 1.04 bits per heavy atom. The zero-order valence-electron chi connectivity index (χ0n) is 12.3. The van der Waals surface area contributed by atoms with Crippen molar-refractivity contribution in [1.82, 2.24) is 0 Å². The predicted molar refractivity (Wildman–Crippen MR) is 83.9 cm³/mol. The molecule has 0 aromatic heterocycles. The number of rotatable bonds is 5. The maximum Gasteiger partial charge on any atom is 0.416 e. The van der Waals surface area contributed by atoms with Crippen molar-refractivity contribution in [3.8, 4) is 0 Å². The van der Waals surface area contributed by atoms with Crippen molar-refractivity contribution in [2.45, 2.75) is 21.4 Å². The summed E-state index contributed by atoms with van der Waals surface area (Å²) in [4.78, 5) is 12.5. The van der Waals surface area contributed by atoms with Crippen LogP contribution >= 0.6 is 11.8 Å². The molecule has 5 nitrogen and oxygen atoms in total. The fourth-order valence-corrected chi connectivity index (χ4v) is 3.12. The van der Waals surface area contributed by atoms with Crippen molar-refractivity contribution in [2.75, 3.05) is 0 Å². The molecule has 0 saturated heterocycles. The van der Waals surface area contributed by atoms with Crippen molar-refractivity contribution in [3.63, 3.8) is 0 Å². The fourth-order valence-electron chi connectivity index (χ4n) is 1.84. The van der Waals surface area contributed by atoms with E-state index in [0.717, 1.165) is 23.9 Å². The first kappa shape index (κ1) is 19.4. The number of aliphatic hydroxyl groups excluding tert-OH is 1. The number of Topliss-reactive ketones (excluding diaryl/α,β-unsaturated/α-hetero) is 1. The molecule has 0 bridgehead atoms. The molecule has 0 amide bonds. The van der Waals surface area contributed by atoms with Gasteiger partial charge < -0.3 is 5.11 Å². The summed E-state index contributed by atoms with van der Waals surface area (Å²) in [6.07, 6.45) is -4.46. The molecule has 0 aliphatic rings. The van der Waals surface area contributed by atoms with Crippen LogP contribution in [-0.2, 0) is 16.3 Å². The molecule has 1 unspecified atom stereocenters. The molecule has 0 fully saturated rings. The van der Waals surface area contributed by atoms with Gasteiger partial charge in [-0.3, -0.25) is 9.35 Å². The zero-order valence-corrected chi connectivity index (χ0v) is 13.9. The molecule has 0 spiro atoms. The van der Waals surface area contributed by atoms with Crippen molar-refractivity contribution >= 4 is 27.7 Å². The van der Waals surface area contributed by atoms with Crippen LogP contribution in [0.15, 0.2) is 58.3 Å². The molecule has 2 aromatic carbocycles. The summed E-state index contributed by atoms with van der Waals surface area (Å²) in [5.41, 5.74) is -3.55. The van der Waals surface area contributed by atoms with Crippen molar-refractivity contribution in [3.05, 3.63) is 59.7 Å². The number of carbonyl (C=O) groups excluding carboxylic acids is 1. The number of ketones is 1. The monoisotopic (exact) mass is 392 g/mol. The van der Waals surface area contributed by atoms with Crippen molar-refractivity contribution < 1.29 is 36.0 Å². The number of carbonyl (C=O) groups is 1. The number of benzene rings is 2. The highest BCUT2D eigenvalue weighted by atomic mass is 32.2. The van der Waals surface area contributed by atoms with E-state index in [0.29, 0.717) is 9.79 Å². The summed E-state index contributed by atoms with van der Waals surface area (Å²) in [7, 11) is -4.93. The Morgan fingerprint density at radius 3 is 2.16 bits per heavy atom. The van der Waals surface area contributed by atoms with Gasteiger partial charge in [0.1, 0.15) is 0 Å². The molecule has 2 N–H and O–H groups in total. The molecular formula is C15H11F3O5S2. The maximum atomic E-state index is 12.7. The van der Waals surface area contributed by atoms with Crippen LogP contribution in [-0.4, -0.2) is 29.3 Å². The van der Waals surface area contributed by atoms with Crippen LogP contribution < -0.4 is 0 Å². The fraction of sp³-hybridized carbons (Fsp3) is 0.133. The van der Waals surface area contributed by atoms with Gasteiger partial charge in [-0.05, 0) is 30.3 Å². The van der Waals surface area contributed by atoms with Crippen LogP contribution in [0.1, 0.15) is 15.9 Å². The summed E-state index contributed by atoms with van der Waals surface area (Å²) in [6, 6.07) is 9.85. The van der Waals surface area contributed by atoms with E-state index in [1.54, 1.807) is 0 Å². The quantitative estimate of drug-likeness (QED) is 0.600. The van der Waals surface area contributed by atoms with Crippen LogP contribution in [0, 0.1) is 0 Å². The molecular weight excluding hydrogens is 381 g/mol. The van der Waals surface area contributed by atoms with E-state index >= 15 is 0 Å². The standard InChI is InChI=1S/C15H11F3O5S2/c16-15(17,18)10-2-1-3-12(8-10)24-11-6-4-9(5-7-11)13(19)14(20)25(21,22)23/h1-8,14,20H,(H,21,22,23). The Labute approximate surface area is 145 Å². The van der Waals surface area contributed by atoms with Gasteiger partial charge in [0.2, 0.25) is 11.2 Å². The molecule has 134 valence electrons. The van der Waals surface area contributed by atoms with E-state index in [1.165, 1.54) is 36.4 Å². The minimum Gasteiger partial charge on any atom is -0.369 e. The first-order valence-corrected chi connectivity index (χ1v) is 8.94. The molecule has 25 heavy (non-hydrogen) atoms. The Hall–Kier alpha value is -1.88. The topological polar surface area (TPSA) is 91.7 Å². The molecule has 0 aliphatic heterocycles. The number of aliphatic hydroxyl groups is 1. The van der Waals surface area contributed by atoms with Gasteiger partial charge >= 0.3 is 6.18 Å². The second kappa shape index (κ2) is 7.16. The second-order valence-electron chi connectivity index (χ2n) is 4.88. The van der Waals surface area contributed by atoms with Crippen molar-refractivity contribution in [1.29, 1.82) is 0 Å². The minimum atomic E-state index is -4.93. The lowest BCUT2D eigenvalue weighted by atomic mass is 10.1. The third kappa shape index (κ3) is 5.05. The zero-order chi connectivity index (χ0) is 18.8. The molecule has 0 aliphatic carbocycles. The Bertz CT molecular complexity index is 877. The number of hydrogen-bond acceptors (Lipinski definition) is 5. The molecule has 1 atom stereocenters. The summed E-state index contributed by atoms with van der Waals surface area (Å²) in [5.74, 6) is -1.21. The van der Waals surface area contributed by atoms with Crippen LogP contribution in [0.5, 0.6) is 0 Å². The van der Waals surface area contributed by atoms with Crippen molar-refractivity contribution in [2.24, 2.45) is 0 Å². The summed E-state index contributed by atoms with van der Waals surface area (Å²) < 4.78 is 68.2. The van der Waals surface area contributed by atoms with E-state index in [9.17, 15) is 31.5 Å². The van der Waals surface area contributed by atoms with E-state index in [4.69, 9.17) is 4.55 Å². The third-order valence-electron chi connectivity index (χ3n) is 3.04. The average molecular weight is 392 g/mol. The molecule has 10 heteroatoms. The first-order valence-electron chi connectivity index (χ1n) is 6.62. The normalized spacial score (nSPS) is 13.5. The highest BCUT2D eigenvalue weighted by molar-refractivity contribution is 7.99. The Kier molecular flexibility index (Phi) is 5.57. The van der Waals surface area contributed by atoms with Gasteiger partial charge in [0, 0.05) is 15.4 Å². The molecule has 0 heterocycles. The van der Waals surface area contributed by atoms with Crippen LogP contribution in [0.3, 0.4) is 0 Å². The van der Waals surface area contributed by atoms with E-state index in [-0.39, 0.29) is 5.56 Å². The lowest BCUT2D eigenvalue weighted by Gasteiger charge is -2.09. The van der Waals surface area contributed by atoms with Gasteiger partial charge in [0.15, 0.2) is 0 Å². The van der Waals surface area contributed by atoms with Gasteiger partial charge in [-0.25, -0.2) is 0 Å². The van der Waals surface area contributed by atoms with E-state index in [1.807, 2.05) is 0 Å². The average Bonchev–Trinajstić information content (AvgIpc) is 2.53. The van der Waals surface area contributed by atoms with Gasteiger partial charge in [-0.2, -0.15) is 21.6 Å². The van der Waals surface area contributed by atoms with Crippen LogP contribution in [0.25, 0.3) is 0 Å². The summed E-state index contributed by atoms with van der Waals surface area (Å²) in [5, 5.41) is 9.22. The summed E-state index contributed by atoms with van der Waals surface area (Å²) >= 11 is 1.01. The van der Waals surface area contributed by atoms with Crippen LogP contribution in [0.4, 0.5) is 13.2 Å². The first-order chi connectivity index (χ1) is 11.5. The molecule has 2 aromatic rings. The third-order valence-corrected chi connectivity index (χ3v) is 4.82. The highest BCUT2D eigenvalue weighted by Gasteiger charge is 2.30. The lowest BCUT2D eigenvalue weighted by Crippen LogP contribution is -2.29. The predicted octanol–water partition coefficient (Wildman–Crippen LogP) is 3.25. The van der Waals surface area contributed by atoms with Gasteiger partial charge in [-0.15, -0.1) is 0 Å². The van der Waals surface area contributed by atoms with E-state index < -0.39 is 33.1 Å². The number of hydrogen-bond donors (Lipinski definition) is 2. The Morgan fingerprint density at radius 2 is 1.64 bits per heavy atom. The molecule has 0 saturated carbocycles. The minimum absolute atomic E-state index is 0.168. The lowest BCUT2D eigenvalue weighted by molar-refractivity contribution is -0.137. The molecule has 0 radical (unpaired) electrons. The highest BCUT2D eigenvalue weighted by Crippen LogP contribution is 2.34. The molecule has 2 rings (SSSR count).